The van der Waals surface area contributed by atoms with Gasteiger partial charge >= 0.3 is 0 Å². The molecule has 0 aromatic carbocycles. The predicted octanol–water partition coefficient (Wildman–Crippen LogP) is 3.62. The van der Waals surface area contributed by atoms with Gasteiger partial charge in [0.05, 0.1) is 12.6 Å². The first kappa shape index (κ1) is 22.9. The van der Waals surface area contributed by atoms with Gasteiger partial charge in [-0.05, 0) is 24.5 Å². The van der Waals surface area contributed by atoms with E-state index in [-0.39, 0.29) is 23.7 Å². The van der Waals surface area contributed by atoms with E-state index in [0.29, 0.717) is 23.5 Å². The highest BCUT2D eigenvalue weighted by Gasteiger charge is 2.26. The van der Waals surface area contributed by atoms with E-state index in [4.69, 9.17) is 0 Å². The third-order valence-corrected chi connectivity index (χ3v) is 5.67. The molecule has 0 saturated heterocycles. The van der Waals surface area contributed by atoms with Crippen molar-refractivity contribution in [3.05, 3.63) is 34.8 Å². The average molecular weight is 422 g/mol. The van der Waals surface area contributed by atoms with Crippen molar-refractivity contribution in [2.24, 2.45) is 0 Å². The van der Waals surface area contributed by atoms with Crippen LogP contribution in [-0.4, -0.2) is 33.0 Å². The topological polar surface area (TPSA) is 96.9 Å². The van der Waals surface area contributed by atoms with Crippen molar-refractivity contribution in [3.8, 4) is 0 Å². The molecule has 2 rings (SSSR count). The van der Waals surface area contributed by atoms with Crippen LogP contribution in [0.3, 0.4) is 0 Å². The minimum absolute atomic E-state index is 0.0492. The van der Waals surface area contributed by atoms with E-state index in [1.807, 2.05) is 6.92 Å². The number of nitrogens with one attached hydrogen (secondary N) is 2. The summed E-state index contributed by atoms with van der Waals surface area (Å²) in [6.45, 7) is 8.25. The third-order valence-electron chi connectivity index (χ3n) is 4.46. The van der Waals surface area contributed by atoms with E-state index in [0.717, 1.165) is 24.0 Å². The molecule has 2 aromatic rings. The molecule has 7 nitrogen and oxygen atoms in total. The van der Waals surface area contributed by atoms with Crippen LogP contribution in [-0.2, 0) is 21.4 Å². The van der Waals surface area contributed by atoms with Gasteiger partial charge in [-0.15, -0.1) is 10.2 Å². The summed E-state index contributed by atoms with van der Waals surface area (Å²) in [7, 11) is 0. The Morgan fingerprint density at radius 2 is 1.97 bits per heavy atom. The number of carbonyl (C=O) groups is 2. The van der Waals surface area contributed by atoms with Gasteiger partial charge in [0.15, 0.2) is 0 Å². The van der Waals surface area contributed by atoms with Crippen LogP contribution in [0.4, 0.5) is 9.52 Å². The molecule has 0 spiro atoms. The van der Waals surface area contributed by atoms with Gasteiger partial charge in [-0.2, -0.15) is 0 Å². The first-order chi connectivity index (χ1) is 13.7. The van der Waals surface area contributed by atoms with Crippen LogP contribution in [0.2, 0.25) is 0 Å². The predicted molar refractivity (Wildman–Crippen MR) is 111 cm³/mol. The van der Waals surface area contributed by atoms with Crippen LogP contribution in [0.5, 0.6) is 0 Å². The number of amides is 2. The molecule has 0 fully saturated rings. The molecule has 1 unspecified atom stereocenters. The maximum absolute atomic E-state index is 13.2. The highest BCUT2D eigenvalue weighted by atomic mass is 32.1. The van der Waals surface area contributed by atoms with E-state index in [1.54, 1.807) is 0 Å². The molecule has 0 aliphatic rings. The maximum Gasteiger partial charge on any atom is 0.248 e. The summed E-state index contributed by atoms with van der Waals surface area (Å²) in [5.74, 6) is -1.21. The number of hydrogen-bond acceptors (Lipinski definition) is 6. The number of aromatic nitrogens is 3. The van der Waals surface area contributed by atoms with Crippen LogP contribution in [0.25, 0.3) is 0 Å². The smallest absolute Gasteiger partial charge is 0.248 e. The van der Waals surface area contributed by atoms with E-state index < -0.39 is 11.9 Å². The Morgan fingerprint density at radius 3 is 2.62 bits per heavy atom. The molecular weight excluding hydrogens is 393 g/mol. The highest BCUT2D eigenvalue weighted by molar-refractivity contribution is 7.15. The Morgan fingerprint density at radius 1 is 1.21 bits per heavy atom. The van der Waals surface area contributed by atoms with Gasteiger partial charge in [0, 0.05) is 11.6 Å². The number of nitrogens with zero attached hydrogens (tertiary/aromatic N) is 3. The van der Waals surface area contributed by atoms with Crippen LogP contribution in [0.15, 0.2) is 18.5 Å². The number of anilines is 1. The van der Waals surface area contributed by atoms with Gasteiger partial charge in [-0.1, -0.05) is 51.9 Å². The molecule has 0 aliphatic carbocycles. The fraction of sp³-hybridized carbons (Fsp3) is 0.550. The van der Waals surface area contributed by atoms with Gasteiger partial charge < -0.3 is 5.32 Å². The molecule has 0 radical (unpaired) electrons. The highest BCUT2D eigenvalue weighted by Crippen LogP contribution is 2.32. The quantitative estimate of drug-likeness (QED) is 0.611. The Bertz CT molecular complexity index is 840. The van der Waals surface area contributed by atoms with E-state index in [1.165, 1.54) is 23.6 Å². The Labute approximate surface area is 174 Å². The molecule has 1 atom stereocenters. The zero-order valence-electron chi connectivity index (χ0n) is 17.3. The van der Waals surface area contributed by atoms with Crippen molar-refractivity contribution in [1.29, 1.82) is 0 Å². The first-order valence-corrected chi connectivity index (χ1v) is 10.6. The number of pyridine rings is 1. The summed E-state index contributed by atoms with van der Waals surface area (Å²) in [6.07, 6.45) is 5.65. The molecule has 158 valence electrons. The van der Waals surface area contributed by atoms with Crippen molar-refractivity contribution in [3.63, 3.8) is 0 Å². The molecule has 0 bridgehead atoms. The average Bonchev–Trinajstić information content (AvgIpc) is 3.10. The lowest BCUT2D eigenvalue weighted by molar-refractivity contribution is -0.126. The van der Waals surface area contributed by atoms with Crippen molar-refractivity contribution < 1.29 is 14.0 Å². The SMILES string of the molecule is CCCC(NC(=O)Cc1cncc(F)c1)C(=O)Nc1nnc(C(C)(C)CCC)s1. The second-order valence-electron chi connectivity index (χ2n) is 7.63. The minimum atomic E-state index is -0.704. The lowest BCUT2D eigenvalue weighted by atomic mass is 9.89. The van der Waals surface area contributed by atoms with E-state index >= 15 is 0 Å². The zero-order chi connectivity index (χ0) is 21.4. The fourth-order valence-electron chi connectivity index (χ4n) is 3.01. The Hall–Kier alpha value is -2.42. The summed E-state index contributed by atoms with van der Waals surface area (Å²) in [4.78, 5) is 28.7. The second kappa shape index (κ2) is 10.4. The summed E-state index contributed by atoms with van der Waals surface area (Å²) in [5.41, 5.74) is 0.343. The third kappa shape index (κ3) is 6.85. The largest absolute Gasteiger partial charge is 0.344 e. The van der Waals surface area contributed by atoms with Crippen LogP contribution >= 0.6 is 11.3 Å². The molecule has 2 heterocycles. The molecule has 2 N–H and O–H groups in total. The van der Waals surface area contributed by atoms with Gasteiger partial charge in [0.2, 0.25) is 16.9 Å². The van der Waals surface area contributed by atoms with Crippen molar-refractivity contribution in [2.45, 2.75) is 71.3 Å². The fourth-order valence-corrected chi connectivity index (χ4v) is 3.89. The number of hydrogen-bond donors (Lipinski definition) is 2. The molecule has 0 aliphatic heterocycles. The number of halogens is 1. The summed E-state index contributed by atoms with van der Waals surface area (Å²) in [6, 6.07) is 0.549. The maximum atomic E-state index is 13.2. The summed E-state index contributed by atoms with van der Waals surface area (Å²) < 4.78 is 13.2. The van der Waals surface area contributed by atoms with Crippen LogP contribution in [0, 0.1) is 5.82 Å². The number of carbonyl (C=O) groups excluding carboxylic acids is 2. The second-order valence-corrected chi connectivity index (χ2v) is 8.61. The Balaban J connectivity index is 2.00. The van der Waals surface area contributed by atoms with Crippen molar-refractivity contribution in [2.75, 3.05) is 5.32 Å². The van der Waals surface area contributed by atoms with Gasteiger partial charge in [0.25, 0.3) is 0 Å². The van der Waals surface area contributed by atoms with E-state index in [2.05, 4.69) is 46.6 Å². The van der Waals surface area contributed by atoms with E-state index in [9.17, 15) is 14.0 Å². The summed E-state index contributed by atoms with van der Waals surface area (Å²) in [5, 5.41) is 15.0. The Kier molecular flexibility index (Phi) is 8.19. The zero-order valence-corrected chi connectivity index (χ0v) is 18.1. The normalized spacial score (nSPS) is 12.4. The molecule has 9 heteroatoms. The first-order valence-electron chi connectivity index (χ1n) is 9.78. The standard InChI is InChI=1S/C20H28FN5O2S/c1-5-7-15(23-16(27)10-13-9-14(21)12-22-11-13)17(28)24-19-26-25-18(29-19)20(3,4)8-6-2/h9,11-12,15H,5-8,10H2,1-4H3,(H,23,27)(H,24,26,28). The monoisotopic (exact) mass is 421 g/mol. The van der Waals surface area contributed by atoms with Crippen molar-refractivity contribution >= 4 is 28.3 Å². The molecule has 2 amide bonds. The number of rotatable bonds is 10. The minimum Gasteiger partial charge on any atom is -0.344 e. The van der Waals surface area contributed by atoms with Crippen LogP contribution in [0.1, 0.15) is 63.9 Å². The molecule has 0 saturated carbocycles. The van der Waals surface area contributed by atoms with Gasteiger partial charge in [0.1, 0.15) is 16.9 Å². The summed E-state index contributed by atoms with van der Waals surface area (Å²) >= 11 is 1.35. The van der Waals surface area contributed by atoms with Crippen molar-refractivity contribution in [1.82, 2.24) is 20.5 Å². The van der Waals surface area contributed by atoms with Gasteiger partial charge in [-0.3, -0.25) is 19.9 Å². The molecular formula is C20H28FN5O2S. The molecule has 2 aromatic heterocycles. The lowest BCUT2D eigenvalue weighted by Gasteiger charge is -2.19. The van der Waals surface area contributed by atoms with Crippen LogP contribution < -0.4 is 10.6 Å². The molecule has 29 heavy (non-hydrogen) atoms. The van der Waals surface area contributed by atoms with Gasteiger partial charge in [-0.25, -0.2) is 4.39 Å². The lowest BCUT2D eigenvalue weighted by Crippen LogP contribution is -2.44.